The van der Waals surface area contributed by atoms with Crippen molar-refractivity contribution in [3.05, 3.63) is 28.1 Å². The molecule has 96 valence electrons. The number of halogens is 1. The predicted octanol–water partition coefficient (Wildman–Crippen LogP) is 2.73. The fourth-order valence-electron chi connectivity index (χ4n) is 1.81. The summed E-state index contributed by atoms with van der Waals surface area (Å²) >= 11 is 6.31. The summed E-state index contributed by atoms with van der Waals surface area (Å²) in [5.41, 5.74) is 3.45. The molecular formula is C13H22ClN3. The first-order chi connectivity index (χ1) is 8.10. The van der Waals surface area contributed by atoms with Gasteiger partial charge in [0.2, 0.25) is 0 Å². The van der Waals surface area contributed by atoms with Crippen LogP contribution >= 0.6 is 11.6 Å². The minimum absolute atomic E-state index is 0.830. The molecule has 0 aliphatic carbocycles. The van der Waals surface area contributed by atoms with Crippen LogP contribution in [-0.4, -0.2) is 23.4 Å². The van der Waals surface area contributed by atoms with Crippen molar-refractivity contribution in [3.63, 3.8) is 0 Å². The topological polar surface area (TPSA) is 29.9 Å². The first-order valence-corrected chi connectivity index (χ1v) is 6.48. The van der Waals surface area contributed by atoms with Crippen LogP contribution in [0.15, 0.2) is 11.6 Å². The van der Waals surface area contributed by atoms with Gasteiger partial charge >= 0.3 is 0 Å². The molecule has 3 nitrogen and oxygen atoms in total. The van der Waals surface area contributed by atoms with E-state index in [-0.39, 0.29) is 0 Å². The van der Waals surface area contributed by atoms with Crippen LogP contribution in [0.2, 0.25) is 5.02 Å². The standard InChI is InChI=1S/C13H22ClN3/c1-5-11-13(14)12(17(4)16-11)9-10(2)7-6-8-15-3/h7,15H,5-6,8-9H2,1-4H3. The maximum Gasteiger partial charge on any atom is 0.0853 e. The summed E-state index contributed by atoms with van der Waals surface area (Å²) in [6.07, 6.45) is 5.07. The molecule has 0 saturated carbocycles. The van der Waals surface area contributed by atoms with Gasteiger partial charge < -0.3 is 5.32 Å². The second kappa shape index (κ2) is 6.82. The van der Waals surface area contributed by atoms with Gasteiger partial charge in [-0.2, -0.15) is 5.10 Å². The van der Waals surface area contributed by atoms with Crippen LogP contribution in [0.4, 0.5) is 0 Å². The van der Waals surface area contributed by atoms with Gasteiger partial charge in [0.15, 0.2) is 0 Å². The molecule has 1 rings (SSSR count). The van der Waals surface area contributed by atoms with Crippen LogP contribution in [0.1, 0.15) is 31.7 Å². The van der Waals surface area contributed by atoms with Crippen molar-refractivity contribution in [3.8, 4) is 0 Å². The maximum absolute atomic E-state index is 6.31. The lowest BCUT2D eigenvalue weighted by atomic mass is 10.1. The zero-order chi connectivity index (χ0) is 12.8. The Balaban J connectivity index is 2.74. The Hall–Kier alpha value is -0.800. The van der Waals surface area contributed by atoms with Gasteiger partial charge in [-0.3, -0.25) is 4.68 Å². The molecule has 1 heterocycles. The van der Waals surface area contributed by atoms with Gasteiger partial charge in [0.1, 0.15) is 0 Å². The average Bonchev–Trinajstić information content (AvgIpc) is 2.57. The summed E-state index contributed by atoms with van der Waals surface area (Å²) < 4.78 is 1.90. The number of aryl methyl sites for hydroxylation is 2. The van der Waals surface area contributed by atoms with Gasteiger partial charge in [0.05, 0.1) is 16.4 Å². The van der Waals surface area contributed by atoms with Crippen molar-refractivity contribution in [2.75, 3.05) is 13.6 Å². The lowest BCUT2D eigenvalue weighted by Gasteiger charge is -2.03. The van der Waals surface area contributed by atoms with E-state index in [1.807, 2.05) is 18.8 Å². The normalized spacial score (nSPS) is 12.2. The highest BCUT2D eigenvalue weighted by Crippen LogP contribution is 2.23. The van der Waals surface area contributed by atoms with Gasteiger partial charge in [0, 0.05) is 13.5 Å². The van der Waals surface area contributed by atoms with Crippen molar-refractivity contribution in [2.24, 2.45) is 7.05 Å². The number of allylic oxidation sites excluding steroid dienone is 1. The first-order valence-electron chi connectivity index (χ1n) is 6.10. The number of aromatic nitrogens is 2. The zero-order valence-corrected chi connectivity index (χ0v) is 11.9. The van der Waals surface area contributed by atoms with Gasteiger partial charge in [-0.25, -0.2) is 0 Å². The summed E-state index contributed by atoms with van der Waals surface area (Å²) in [6, 6.07) is 0. The zero-order valence-electron chi connectivity index (χ0n) is 11.2. The van der Waals surface area contributed by atoms with Crippen LogP contribution in [0.25, 0.3) is 0 Å². The first kappa shape index (κ1) is 14.3. The van der Waals surface area contributed by atoms with E-state index < -0.39 is 0 Å². The highest BCUT2D eigenvalue weighted by Gasteiger charge is 2.12. The quantitative estimate of drug-likeness (QED) is 0.626. The number of hydrogen-bond donors (Lipinski definition) is 1. The third kappa shape index (κ3) is 3.86. The predicted molar refractivity (Wildman–Crippen MR) is 73.6 cm³/mol. The molecule has 1 aromatic rings. The van der Waals surface area contributed by atoms with E-state index in [0.717, 1.165) is 42.2 Å². The van der Waals surface area contributed by atoms with E-state index in [0.29, 0.717) is 0 Å². The molecule has 17 heavy (non-hydrogen) atoms. The summed E-state index contributed by atoms with van der Waals surface area (Å²) in [7, 11) is 3.93. The molecular weight excluding hydrogens is 234 g/mol. The van der Waals surface area contributed by atoms with E-state index in [4.69, 9.17) is 11.6 Å². The minimum Gasteiger partial charge on any atom is -0.319 e. The highest BCUT2D eigenvalue weighted by atomic mass is 35.5. The monoisotopic (exact) mass is 255 g/mol. The molecule has 0 amide bonds. The van der Waals surface area contributed by atoms with Gasteiger partial charge in [0.25, 0.3) is 0 Å². The SMILES string of the molecule is CCc1nn(C)c(CC(C)=CCCNC)c1Cl. The molecule has 0 radical (unpaired) electrons. The van der Waals surface area contributed by atoms with E-state index in [1.54, 1.807) is 0 Å². The van der Waals surface area contributed by atoms with Crippen molar-refractivity contribution >= 4 is 11.6 Å². The molecule has 0 aliphatic rings. The molecule has 0 spiro atoms. The molecule has 1 aromatic heterocycles. The summed E-state index contributed by atoms with van der Waals surface area (Å²) in [5.74, 6) is 0. The minimum atomic E-state index is 0.830. The third-order valence-corrected chi connectivity index (χ3v) is 3.27. The Morgan fingerprint density at radius 3 is 2.76 bits per heavy atom. The van der Waals surface area contributed by atoms with Crippen molar-refractivity contribution in [1.82, 2.24) is 15.1 Å². The second-order valence-corrected chi connectivity index (χ2v) is 4.68. The molecule has 0 aromatic carbocycles. The fraction of sp³-hybridized carbons (Fsp3) is 0.615. The van der Waals surface area contributed by atoms with Crippen LogP contribution in [-0.2, 0) is 19.9 Å². The number of hydrogen-bond acceptors (Lipinski definition) is 2. The van der Waals surface area contributed by atoms with Gasteiger partial charge in [-0.05, 0) is 33.4 Å². The van der Waals surface area contributed by atoms with Gasteiger partial charge in [-0.1, -0.05) is 30.2 Å². The molecule has 0 saturated heterocycles. The van der Waals surface area contributed by atoms with E-state index in [2.05, 4.69) is 30.3 Å². The smallest absolute Gasteiger partial charge is 0.0853 e. The largest absolute Gasteiger partial charge is 0.319 e. The highest BCUT2D eigenvalue weighted by molar-refractivity contribution is 6.31. The number of nitrogens with one attached hydrogen (secondary N) is 1. The van der Waals surface area contributed by atoms with Crippen LogP contribution in [0, 0.1) is 0 Å². The number of nitrogens with zero attached hydrogens (tertiary/aromatic N) is 2. The average molecular weight is 256 g/mol. The fourth-order valence-corrected chi connectivity index (χ4v) is 2.17. The Bertz CT molecular complexity index is 394. The van der Waals surface area contributed by atoms with Crippen LogP contribution in [0.5, 0.6) is 0 Å². The van der Waals surface area contributed by atoms with Gasteiger partial charge in [-0.15, -0.1) is 0 Å². The summed E-state index contributed by atoms with van der Waals surface area (Å²) in [4.78, 5) is 0. The maximum atomic E-state index is 6.31. The molecule has 1 N–H and O–H groups in total. The summed E-state index contributed by atoms with van der Waals surface area (Å²) in [5, 5.41) is 8.39. The molecule has 0 unspecified atom stereocenters. The van der Waals surface area contributed by atoms with E-state index in [1.165, 1.54) is 5.57 Å². The lowest BCUT2D eigenvalue weighted by molar-refractivity contribution is 0.707. The van der Waals surface area contributed by atoms with Crippen molar-refractivity contribution < 1.29 is 0 Å². The lowest BCUT2D eigenvalue weighted by Crippen LogP contribution is -2.06. The molecule has 0 bridgehead atoms. The Kier molecular flexibility index (Phi) is 5.72. The van der Waals surface area contributed by atoms with Crippen LogP contribution in [0.3, 0.4) is 0 Å². The van der Waals surface area contributed by atoms with Crippen LogP contribution < -0.4 is 5.32 Å². The Morgan fingerprint density at radius 1 is 1.53 bits per heavy atom. The van der Waals surface area contributed by atoms with Crippen molar-refractivity contribution in [2.45, 2.75) is 33.1 Å². The third-order valence-electron chi connectivity index (χ3n) is 2.84. The van der Waals surface area contributed by atoms with E-state index in [9.17, 15) is 0 Å². The molecule has 0 atom stereocenters. The Morgan fingerprint density at radius 2 is 2.24 bits per heavy atom. The molecule has 0 aliphatic heterocycles. The summed E-state index contributed by atoms with van der Waals surface area (Å²) in [6.45, 7) is 5.23. The van der Waals surface area contributed by atoms with Crippen molar-refractivity contribution in [1.29, 1.82) is 0 Å². The molecule has 4 heteroatoms. The molecule has 0 fully saturated rings. The Labute approximate surface area is 109 Å². The second-order valence-electron chi connectivity index (χ2n) is 4.30. The number of rotatable bonds is 6. The van der Waals surface area contributed by atoms with E-state index >= 15 is 0 Å².